The first kappa shape index (κ1) is 18.3. The molecule has 0 unspecified atom stereocenters. The molecule has 146 valence electrons. The number of carbonyl (C=O) groups is 3. The van der Waals surface area contributed by atoms with Gasteiger partial charge < -0.3 is 19.5 Å². The standard InChI is InChI=1S/C21H23N3O4/c1-13-16(7-3-8-17(13)22-19(25)18-9-5-11-28-18)21(27)24-12-15-6-4-10-23(15)20(26)14(24)2/h3,5,7-9,11,14-15H,4,6,10,12H2,1-2H3,(H,22,25)/t14-,15+/m1/s1. The maximum absolute atomic E-state index is 13.3. The zero-order valence-electron chi connectivity index (χ0n) is 16.0. The van der Waals surface area contributed by atoms with Gasteiger partial charge in [0.2, 0.25) is 5.91 Å². The maximum atomic E-state index is 13.3. The molecule has 7 heteroatoms. The van der Waals surface area contributed by atoms with Gasteiger partial charge in [-0.15, -0.1) is 0 Å². The van der Waals surface area contributed by atoms with Crippen LogP contribution in [0.3, 0.4) is 0 Å². The normalized spacial score (nSPS) is 21.6. The van der Waals surface area contributed by atoms with E-state index in [1.54, 1.807) is 49.1 Å². The van der Waals surface area contributed by atoms with Crippen molar-refractivity contribution in [1.82, 2.24) is 9.80 Å². The first-order chi connectivity index (χ1) is 13.5. The highest BCUT2D eigenvalue weighted by atomic mass is 16.3. The highest BCUT2D eigenvalue weighted by Crippen LogP contribution is 2.28. The maximum Gasteiger partial charge on any atom is 0.291 e. The van der Waals surface area contributed by atoms with Gasteiger partial charge in [-0.05, 0) is 56.5 Å². The van der Waals surface area contributed by atoms with E-state index in [-0.39, 0.29) is 29.5 Å². The summed E-state index contributed by atoms with van der Waals surface area (Å²) in [4.78, 5) is 41.7. The molecule has 7 nitrogen and oxygen atoms in total. The van der Waals surface area contributed by atoms with Gasteiger partial charge in [0, 0.05) is 30.4 Å². The van der Waals surface area contributed by atoms with E-state index >= 15 is 0 Å². The number of anilines is 1. The molecule has 28 heavy (non-hydrogen) atoms. The number of piperazine rings is 1. The molecule has 2 aromatic rings. The lowest BCUT2D eigenvalue weighted by molar-refractivity contribution is -0.141. The molecule has 1 aromatic carbocycles. The Morgan fingerprint density at radius 1 is 1.21 bits per heavy atom. The second-order valence-electron chi connectivity index (χ2n) is 7.37. The Hall–Kier alpha value is -3.09. The molecule has 2 aliphatic rings. The summed E-state index contributed by atoms with van der Waals surface area (Å²) < 4.78 is 5.12. The highest BCUT2D eigenvalue weighted by molar-refractivity contribution is 6.05. The minimum atomic E-state index is -0.484. The van der Waals surface area contributed by atoms with Gasteiger partial charge in [0.1, 0.15) is 6.04 Å². The minimum absolute atomic E-state index is 0.0158. The number of benzene rings is 1. The average Bonchev–Trinajstić information content (AvgIpc) is 3.37. The Kier molecular flexibility index (Phi) is 4.66. The van der Waals surface area contributed by atoms with Crippen molar-refractivity contribution >= 4 is 23.4 Å². The summed E-state index contributed by atoms with van der Waals surface area (Å²) in [7, 11) is 0. The molecule has 0 radical (unpaired) electrons. The van der Waals surface area contributed by atoms with Crippen LogP contribution in [0, 0.1) is 6.92 Å². The summed E-state index contributed by atoms with van der Waals surface area (Å²) in [6, 6.07) is 8.06. The Morgan fingerprint density at radius 3 is 2.79 bits per heavy atom. The minimum Gasteiger partial charge on any atom is -0.459 e. The number of nitrogens with zero attached hydrogens (tertiary/aromatic N) is 2. The molecule has 4 rings (SSSR count). The number of hydrogen-bond donors (Lipinski definition) is 1. The van der Waals surface area contributed by atoms with Gasteiger partial charge in [-0.2, -0.15) is 0 Å². The summed E-state index contributed by atoms with van der Waals surface area (Å²) in [6.07, 6.45) is 3.35. The first-order valence-electron chi connectivity index (χ1n) is 9.53. The third-order valence-electron chi connectivity index (χ3n) is 5.71. The topological polar surface area (TPSA) is 82.9 Å². The molecule has 2 aliphatic heterocycles. The molecule has 2 fully saturated rings. The van der Waals surface area contributed by atoms with Crippen molar-refractivity contribution in [2.45, 2.75) is 38.8 Å². The Bertz CT molecular complexity index is 922. The Labute approximate surface area is 163 Å². The molecule has 0 aliphatic carbocycles. The van der Waals surface area contributed by atoms with Gasteiger partial charge >= 0.3 is 0 Å². The Balaban J connectivity index is 1.58. The number of fused-ring (bicyclic) bond motifs is 1. The van der Waals surface area contributed by atoms with Crippen LogP contribution in [-0.2, 0) is 4.79 Å². The van der Waals surface area contributed by atoms with Crippen LogP contribution in [0.4, 0.5) is 5.69 Å². The monoisotopic (exact) mass is 381 g/mol. The predicted molar refractivity (Wildman–Crippen MR) is 103 cm³/mol. The fraction of sp³-hybridized carbons (Fsp3) is 0.381. The molecular weight excluding hydrogens is 358 g/mol. The fourth-order valence-electron chi connectivity index (χ4n) is 4.08. The van der Waals surface area contributed by atoms with E-state index < -0.39 is 6.04 Å². The largest absolute Gasteiger partial charge is 0.459 e. The lowest BCUT2D eigenvalue weighted by Gasteiger charge is -2.41. The van der Waals surface area contributed by atoms with Gasteiger partial charge in [0.25, 0.3) is 11.8 Å². The van der Waals surface area contributed by atoms with Crippen LogP contribution >= 0.6 is 0 Å². The molecule has 0 spiro atoms. The number of rotatable bonds is 3. The van der Waals surface area contributed by atoms with E-state index in [9.17, 15) is 14.4 Å². The molecule has 2 atom stereocenters. The highest BCUT2D eigenvalue weighted by Gasteiger charge is 2.42. The van der Waals surface area contributed by atoms with Crippen LogP contribution in [0.15, 0.2) is 41.0 Å². The number of amides is 3. The van der Waals surface area contributed by atoms with Crippen molar-refractivity contribution in [3.8, 4) is 0 Å². The number of furan rings is 1. The van der Waals surface area contributed by atoms with Crippen molar-refractivity contribution < 1.29 is 18.8 Å². The molecular formula is C21H23N3O4. The lowest BCUT2D eigenvalue weighted by atomic mass is 10.0. The van der Waals surface area contributed by atoms with Crippen molar-refractivity contribution in [2.24, 2.45) is 0 Å². The summed E-state index contributed by atoms with van der Waals surface area (Å²) in [5, 5.41) is 2.79. The smallest absolute Gasteiger partial charge is 0.291 e. The molecule has 3 amide bonds. The van der Waals surface area contributed by atoms with Gasteiger partial charge in [0.15, 0.2) is 5.76 Å². The molecule has 3 heterocycles. The van der Waals surface area contributed by atoms with E-state index in [1.165, 1.54) is 6.26 Å². The van der Waals surface area contributed by atoms with Crippen LogP contribution in [0.2, 0.25) is 0 Å². The van der Waals surface area contributed by atoms with Crippen molar-refractivity contribution in [3.05, 3.63) is 53.5 Å². The van der Waals surface area contributed by atoms with E-state index in [0.29, 0.717) is 23.4 Å². The lowest BCUT2D eigenvalue weighted by Crippen LogP contribution is -2.60. The Morgan fingerprint density at radius 2 is 2.04 bits per heavy atom. The number of hydrogen-bond acceptors (Lipinski definition) is 4. The second kappa shape index (κ2) is 7.14. The van der Waals surface area contributed by atoms with E-state index in [1.807, 2.05) is 4.90 Å². The molecule has 0 bridgehead atoms. The zero-order valence-corrected chi connectivity index (χ0v) is 16.0. The van der Waals surface area contributed by atoms with Crippen LogP contribution in [0.5, 0.6) is 0 Å². The summed E-state index contributed by atoms with van der Waals surface area (Å²) >= 11 is 0. The summed E-state index contributed by atoms with van der Waals surface area (Å²) in [6.45, 7) is 4.91. The molecule has 1 N–H and O–H groups in total. The number of nitrogens with one attached hydrogen (secondary N) is 1. The van der Waals surface area contributed by atoms with E-state index in [2.05, 4.69) is 5.32 Å². The molecule has 2 saturated heterocycles. The van der Waals surface area contributed by atoms with Gasteiger partial charge in [-0.3, -0.25) is 14.4 Å². The first-order valence-corrected chi connectivity index (χ1v) is 9.53. The van der Waals surface area contributed by atoms with Crippen LogP contribution in [-0.4, -0.2) is 52.7 Å². The molecule has 1 aromatic heterocycles. The summed E-state index contributed by atoms with van der Waals surface area (Å²) in [5.41, 5.74) is 1.70. The average molecular weight is 381 g/mol. The van der Waals surface area contributed by atoms with E-state index in [4.69, 9.17) is 4.42 Å². The van der Waals surface area contributed by atoms with Crippen LogP contribution < -0.4 is 5.32 Å². The van der Waals surface area contributed by atoms with Crippen molar-refractivity contribution in [2.75, 3.05) is 18.4 Å². The van der Waals surface area contributed by atoms with Crippen LogP contribution in [0.1, 0.15) is 46.2 Å². The zero-order chi connectivity index (χ0) is 19.8. The number of carbonyl (C=O) groups excluding carboxylic acids is 3. The SMILES string of the molecule is Cc1c(NC(=O)c2ccco2)cccc1C(=O)N1C[C@@H]2CCCN2C(=O)[C@H]1C. The molecule has 0 saturated carbocycles. The van der Waals surface area contributed by atoms with Crippen LogP contribution in [0.25, 0.3) is 0 Å². The fourth-order valence-corrected chi connectivity index (χ4v) is 4.08. The van der Waals surface area contributed by atoms with Crippen molar-refractivity contribution in [3.63, 3.8) is 0 Å². The van der Waals surface area contributed by atoms with E-state index in [0.717, 1.165) is 19.4 Å². The quantitative estimate of drug-likeness (QED) is 0.886. The van der Waals surface area contributed by atoms with Gasteiger partial charge in [-0.1, -0.05) is 6.07 Å². The third-order valence-corrected chi connectivity index (χ3v) is 5.71. The third kappa shape index (κ3) is 3.06. The summed E-state index contributed by atoms with van der Waals surface area (Å²) in [5.74, 6) is -0.338. The van der Waals surface area contributed by atoms with Crippen molar-refractivity contribution in [1.29, 1.82) is 0 Å². The van der Waals surface area contributed by atoms with Gasteiger partial charge in [0.05, 0.1) is 6.26 Å². The van der Waals surface area contributed by atoms with Gasteiger partial charge in [-0.25, -0.2) is 0 Å². The second-order valence-corrected chi connectivity index (χ2v) is 7.37. The predicted octanol–water partition coefficient (Wildman–Crippen LogP) is 2.68.